The molecule has 1 fully saturated rings. The lowest BCUT2D eigenvalue weighted by Gasteiger charge is -2.36. The van der Waals surface area contributed by atoms with Gasteiger partial charge in [0.2, 0.25) is 0 Å². The molecule has 0 bridgehead atoms. The van der Waals surface area contributed by atoms with Crippen molar-refractivity contribution in [1.29, 1.82) is 0 Å². The highest BCUT2D eigenvalue weighted by Crippen LogP contribution is 2.27. The van der Waals surface area contributed by atoms with Gasteiger partial charge in [-0.05, 0) is 29.4 Å². The van der Waals surface area contributed by atoms with Gasteiger partial charge in [-0.15, -0.1) is 0 Å². The van der Waals surface area contributed by atoms with Gasteiger partial charge in [0.15, 0.2) is 0 Å². The van der Waals surface area contributed by atoms with E-state index in [0.717, 1.165) is 19.5 Å². The van der Waals surface area contributed by atoms with E-state index in [4.69, 9.17) is 10.8 Å². The number of carboxylic acid groups (broad SMARTS) is 1. The summed E-state index contributed by atoms with van der Waals surface area (Å²) in [7, 11) is 0. The highest BCUT2D eigenvalue weighted by atomic mass is 16.4. The molecule has 1 aromatic rings. The third kappa shape index (κ3) is 4.55. The molecule has 4 nitrogen and oxygen atoms in total. The van der Waals surface area contributed by atoms with E-state index in [0.29, 0.717) is 18.4 Å². The van der Waals surface area contributed by atoms with E-state index in [1.807, 2.05) is 0 Å². The van der Waals surface area contributed by atoms with Crippen molar-refractivity contribution in [3.8, 4) is 0 Å². The quantitative estimate of drug-likeness (QED) is 0.874. The molecule has 0 radical (unpaired) electrons. The van der Waals surface area contributed by atoms with Gasteiger partial charge in [0.1, 0.15) is 0 Å². The first-order valence-corrected chi connectivity index (χ1v) is 7.75. The summed E-state index contributed by atoms with van der Waals surface area (Å²) in [4.78, 5) is 12.9. The minimum absolute atomic E-state index is 0.127. The predicted octanol–water partition coefficient (Wildman–Crippen LogP) is 2.40. The maximum atomic E-state index is 10.7. The second-order valence-electron chi connectivity index (χ2n) is 6.42. The van der Waals surface area contributed by atoms with Crippen molar-refractivity contribution in [1.82, 2.24) is 4.90 Å². The summed E-state index contributed by atoms with van der Waals surface area (Å²) in [6, 6.07) is 8.92. The van der Waals surface area contributed by atoms with E-state index in [1.165, 1.54) is 11.1 Å². The van der Waals surface area contributed by atoms with Gasteiger partial charge in [0, 0.05) is 25.7 Å². The summed E-state index contributed by atoms with van der Waals surface area (Å²) >= 11 is 0. The lowest BCUT2D eigenvalue weighted by atomic mass is 9.87. The van der Waals surface area contributed by atoms with Crippen LogP contribution in [-0.2, 0) is 4.79 Å². The summed E-state index contributed by atoms with van der Waals surface area (Å²) in [5.74, 6) is 0.204. The lowest BCUT2D eigenvalue weighted by molar-refractivity contribution is -0.137. The molecule has 1 heterocycles. The zero-order valence-electron chi connectivity index (χ0n) is 13.0. The minimum Gasteiger partial charge on any atom is -0.481 e. The molecule has 2 atom stereocenters. The normalized spacial score (nSPS) is 23.4. The first-order valence-electron chi connectivity index (χ1n) is 7.75. The maximum Gasteiger partial charge on any atom is 0.304 e. The summed E-state index contributed by atoms with van der Waals surface area (Å²) in [6.07, 6.45) is 1.16. The third-order valence-electron chi connectivity index (χ3n) is 4.27. The Labute approximate surface area is 126 Å². The molecule has 0 aromatic heterocycles. The highest BCUT2D eigenvalue weighted by molar-refractivity contribution is 5.66. The standard InChI is InChI=1S/C17H26N2O2/c1-12(2)13-3-5-14(6-4-13)15-9-16(18)11-19(10-15)8-7-17(20)21/h3-6,12,15-16H,7-11,18H2,1-2H3,(H,20,21). The Bertz CT molecular complexity index is 470. The van der Waals surface area contributed by atoms with Crippen molar-refractivity contribution in [2.75, 3.05) is 19.6 Å². The lowest BCUT2D eigenvalue weighted by Crippen LogP contribution is -2.46. The van der Waals surface area contributed by atoms with E-state index in [-0.39, 0.29) is 12.5 Å². The fourth-order valence-electron chi connectivity index (χ4n) is 3.06. The van der Waals surface area contributed by atoms with Gasteiger partial charge in [0.25, 0.3) is 0 Å². The largest absolute Gasteiger partial charge is 0.481 e. The van der Waals surface area contributed by atoms with Crippen molar-refractivity contribution in [3.63, 3.8) is 0 Å². The predicted molar refractivity (Wildman–Crippen MR) is 84.6 cm³/mol. The molecule has 0 aliphatic carbocycles. The van der Waals surface area contributed by atoms with Crippen LogP contribution in [0.5, 0.6) is 0 Å². The minimum atomic E-state index is -0.744. The number of hydrogen-bond acceptors (Lipinski definition) is 3. The fourth-order valence-corrected chi connectivity index (χ4v) is 3.06. The molecule has 0 spiro atoms. The Balaban J connectivity index is 2.02. The average Bonchev–Trinajstić information content (AvgIpc) is 2.44. The number of piperidine rings is 1. The number of likely N-dealkylation sites (tertiary alicyclic amines) is 1. The smallest absolute Gasteiger partial charge is 0.304 e. The first-order chi connectivity index (χ1) is 9.95. The molecule has 1 aromatic carbocycles. The molecule has 1 aliphatic heterocycles. The Kier molecular flexibility index (Phi) is 5.37. The summed E-state index contributed by atoms with van der Waals surface area (Å²) in [5, 5.41) is 8.82. The zero-order valence-corrected chi connectivity index (χ0v) is 13.0. The van der Waals surface area contributed by atoms with Crippen LogP contribution < -0.4 is 5.73 Å². The van der Waals surface area contributed by atoms with E-state index in [1.54, 1.807) is 0 Å². The third-order valence-corrected chi connectivity index (χ3v) is 4.27. The molecule has 1 aliphatic rings. The van der Waals surface area contributed by atoms with E-state index < -0.39 is 5.97 Å². The van der Waals surface area contributed by atoms with Crippen molar-refractivity contribution < 1.29 is 9.90 Å². The molecule has 4 heteroatoms. The number of nitrogens with two attached hydrogens (primary N) is 1. The van der Waals surface area contributed by atoms with Crippen LogP contribution in [0.2, 0.25) is 0 Å². The van der Waals surface area contributed by atoms with Crippen molar-refractivity contribution in [2.45, 2.75) is 44.6 Å². The van der Waals surface area contributed by atoms with Crippen LogP contribution in [0.4, 0.5) is 0 Å². The number of aliphatic carboxylic acids is 1. The van der Waals surface area contributed by atoms with Crippen LogP contribution in [0.25, 0.3) is 0 Å². The molecule has 0 saturated carbocycles. The van der Waals surface area contributed by atoms with Gasteiger partial charge in [-0.3, -0.25) is 4.79 Å². The molecule has 0 amide bonds. The molecule has 2 rings (SSSR count). The second kappa shape index (κ2) is 7.05. The highest BCUT2D eigenvalue weighted by Gasteiger charge is 2.26. The van der Waals surface area contributed by atoms with Gasteiger partial charge >= 0.3 is 5.97 Å². The van der Waals surface area contributed by atoms with Gasteiger partial charge < -0.3 is 15.7 Å². The Morgan fingerprint density at radius 3 is 2.57 bits per heavy atom. The topological polar surface area (TPSA) is 66.6 Å². The van der Waals surface area contributed by atoms with Crippen molar-refractivity contribution in [2.24, 2.45) is 5.73 Å². The second-order valence-corrected chi connectivity index (χ2v) is 6.42. The van der Waals surface area contributed by atoms with E-state index >= 15 is 0 Å². The van der Waals surface area contributed by atoms with Crippen LogP contribution >= 0.6 is 0 Å². The molecule has 116 valence electrons. The van der Waals surface area contributed by atoms with Crippen LogP contribution in [0.3, 0.4) is 0 Å². The molecular formula is C17H26N2O2. The SMILES string of the molecule is CC(C)c1ccc(C2CC(N)CN(CCC(=O)O)C2)cc1. The van der Waals surface area contributed by atoms with Crippen LogP contribution in [0, 0.1) is 0 Å². The maximum absolute atomic E-state index is 10.7. The molecule has 2 unspecified atom stereocenters. The van der Waals surface area contributed by atoms with E-state index in [9.17, 15) is 4.79 Å². The number of hydrogen-bond donors (Lipinski definition) is 2. The number of rotatable bonds is 5. The number of nitrogens with zero attached hydrogens (tertiary/aromatic N) is 1. The number of benzene rings is 1. The van der Waals surface area contributed by atoms with Gasteiger partial charge in [0.05, 0.1) is 6.42 Å². The summed E-state index contributed by atoms with van der Waals surface area (Å²) in [5.41, 5.74) is 8.81. The van der Waals surface area contributed by atoms with Crippen LogP contribution in [0.1, 0.15) is 49.7 Å². The van der Waals surface area contributed by atoms with Crippen LogP contribution in [-0.4, -0.2) is 41.7 Å². The van der Waals surface area contributed by atoms with Crippen molar-refractivity contribution in [3.05, 3.63) is 35.4 Å². The fraction of sp³-hybridized carbons (Fsp3) is 0.588. The Hall–Kier alpha value is -1.39. The Morgan fingerprint density at radius 1 is 1.33 bits per heavy atom. The van der Waals surface area contributed by atoms with Crippen LogP contribution in [0.15, 0.2) is 24.3 Å². The molecule has 3 N–H and O–H groups in total. The number of carboxylic acids is 1. The first kappa shape index (κ1) is 16.0. The summed E-state index contributed by atoms with van der Waals surface area (Å²) < 4.78 is 0. The molecular weight excluding hydrogens is 264 g/mol. The number of carbonyl (C=O) groups is 1. The average molecular weight is 290 g/mol. The Morgan fingerprint density at radius 2 is 2.00 bits per heavy atom. The molecule has 1 saturated heterocycles. The van der Waals surface area contributed by atoms with Gasteiger partial charge in [-0.1, -0.05) is 38.1 Å². The van der Waals surface area contributed by atoms with Gasteiger partial charge in [-0.2, -0.15) is 0 Å². The monoisotopic (exact) mass is 290 g/mol. The van der Waals surface area contributed by atoms with Crippen molar-refractivity contribution >= 4 is 5.97 Å². The van der Waals surface area contributed by atoms with E-state index in [2.05, 4.69) is 43.0 Å². The summed E-state index contributed by atoms with van der Waals surface area (Å²) in [6.45, 7) is 6.68. The molecule has 21 heavy (non-hydrogen) atoms. The van der Waals surface area contributed by atoms with Gasteiger partial charge in [-0.25, -0.2) is 0 Å². The zero-order chi connectivity index (χ0) is 15.4.